The fourth-order valence-corrected chi connectivity index (χ4v) is 5.91. The highest BCUT2D eigenvalue weighted by Gasteiger charge is 2.30. The van der Waals surface area contributed by atoms with Crippen LogP contribution in [0.3, 0.4) is 0 Å². The molecule has 0 bridgehead atoms. The van der Waals surface area contributed by atoms with Crippen LogP contribution < -0.4 is 11.1 Å². The van der Waals surface area contributed by atoms with Gasteiger partial charge in [0.05, 0.1) is 11.6 Å². The number of hydrogen-bond donors (Lipinski definition) is 2. The number of pyridine rings is 1. The Kier molecular flexibility index (Phi) is 6.71. The Bertz CT molecular complexity index is 1450. The molecule has 4 aromatic heterocycles. The molecule has 38 heavy (non-hydrogen) atoms. The van der Waals surface area contributed by atoms with Crippen molar-refractivity contribution in [2.45, 2.75) is 84.2 Å². The molecule has 2 aliphatic carbocycles. The summed E-state index contributed by atoms with van der Waals surface area (Å²) in [5.74, 6) is 3.45. The van der Waals surface area contributed by atoms with Crippen LogP contribution in [-0.4, -0.2) is 40.7 Å². The zero-order valence-electron chi connectivity index (χ0n) is 22.4. The average Bonchev–Trinajstić information content (AvgIpc) is 3.48. The minimum absolute atomic E-state index is 0.0277. The highest BCUT2D eigenvalue weighted by molar-refractivity contribution is 5.86. The summed E-state index contributed by atoms with van der Waals surface area (Å²) in [5, 5.41) is 7.55. The maximum absolute atomic E-state index is 11.7. The number of fused-ring (bicyclic) bond motifs is 1. The van der Waals surface area contributed by atoms with E-state index in [1.54, 1.807) is 0 Å². The molecule has 0 saturated heterocycles. The van der Waals surface area contributed by atoms with Crippen molar-refractivity contribution >= 4 is 17.0 Å². The molecule has 200 valence electrons. The molecule has 4 heterocycles. The minimum Gasteiger partial charge on any atom is -0.365 e. The Labute approximate surface area is 221 Å². The van der Waals surface area contributed by atoms with Crippen molar-refractivity contribution in [3.8, 4) is 11.6 Å². The topological polar surface area (TPSA) is 127 Å². The van der Waals surface area contributed by atoms with Gasteiger partial charge in [0.2, 0.25) is 11.6 Å². The molecule has 2 saturated carbocycles. The molecule has 10 heteroatoms. The average molecular weight is 517 g/mol. The van der Waals surface area contributed by atoms with E-state index in [4.69, 9.17) is 19.5 Å². The monoisotopic (exact) mass is 516 g/mol. The van der Waals surface area contributed by atoms with Gasteiger partial charge in [-0.2, -0.15) is 0 Å². The van der Waals surface area contributed by atoms with E-state index >= 15 is 0 Å². The van der Waals surface area contributed by atoms with Crippen LogP contribution in [0, 0.1) is 17.8 Å². The summed E-state index contributed by atoms with van der Waals surface area (Å²) in [5.41, 5.74) is 2.46. The van der Waals surface area contributed by atoms with Crippen molar-refractivity contribution in [3.63, 3.8) is 0 Å². The van der Waals surface area contributed by atoms with Crippen LogP contribution in [0.4, 0.5) is 5.82 Å². The highest BCUT2D eigenvalue weighted by atomic mass is 16.5. The number of H-pyrrole nitrogens is 1. The molecule has 2 atom stereocenters. The van der Waals surface area contributed by atoms with Crippen LogP contribution in [0.15, 0.2) is 33.7 Å². The first-order chi connectivity index (χ1) is 18.5. The molecule has 4 aromatic rings. The Balaban J connectivity index is 1.50. The zero-order valence-corrected chi connectivity index (χ0v) is 22.4. The molecule has 0 aromatic carbocycles. The Morgan fingerprint density at radius 2 is 1.92 bits per heavy atom. The Morgan fingerprint density at radius 1 is 1.11 bits per heavy atom. The standard InChI is InChI=1S/C28H36N8O2/c1-16-10-12-19(13-11-16)15-36-22-23(30-18(3)20-7-6-8-20)31-25(26-34-28(37)38-35-26)32-24(22)33-27(36)17(2)21-9-4-5-14-29-21/h4-5,9,14,16-20H,6-8,10-13,15H2,1-3H3,(H,30,31,32)(H,34,35,37)/t16?,17?,18-,19?/m1/s1. The van der Waals surface area contributed by atoms with Crippen molar-refractivity contribution < 1.29 is 4.52 Å². The summed E-state index contributed by atoms with van der Waals surface area (Å²) in [7, 11) is 0. The van der Waals surface area contributed by atoms with Gasteiger partial charge in [-0.05, 0) is 69.4 Å². The van der Waals surface area contributed by atoms with Gasteiger partial charge in [0, 0.05) is 18.8 Å². The van der Waals surface area contributed by atoms with E-state index in [2.05, 4.69) is 45.8 Å². The van der Waals surface area contributed by atoms with Gasteiger partial charge in [-0.15, -0.1) is 0 Å². The van der Waals surface area contributed by atoms with Gasteiger partial charge in [-0.1, -0.05) is 37.4 Å². The second-order valence-corrected chi connectivity index (χ2v) is 11.3. The fraction of sp³-hybridized carbons (Fsp3) is 0.571. The number of nitrogens with zero attached hydrogens (tertiary/aromatic N) is 6. The fourth-order valence-electron chi connectivity index (χ4n) is 5.91. The van der Waals surface area contributed by atoms with Gasteiger partial charge in [0.1, 0.15) is 11.3 Å². The van der Waals surface area contributed by atoms with Crippen LogP contribution in [0.5, 0.6) is 0 Å². The molecule has 6 rings (SSSR count). The van der Waals surface area contributed by atoms with E-state index in [0.29, 0.717) is 23.3 Å². The van der Waals surface area contributed by atoms with Gasteiger partial charge in [0.25, 0.3) is 0 Å². The molecule has 2 fully saturated rings. The summed E-state index contributed by atoms with van der Waals surface area (Å²) >= 11 is 0. The first kappa shape index (κ1) is 24.8. The molecule has 2 aliphatic rings. The summed E-state index contributed by atoms with van der Waals surface area (Å²) in [6, 6.07) is 6.25. The lowest BCUT2D eigenvalue weighted by Crippen LogP contribution is -2.31. The predicted molar refractivity (Wildman–Crippen MR) is 145 cm³/mol. The van der Waals surface area contributed by atoms with Crippen molar-refractivity contribution in [3.05, 3.63) is 46.5 Å². The number of imidazole rings is 1. The lowest BCUT2D eigenvalue weighted by molar-refractivity contribution is 0.264. The summed E-state index contributed by atoms with van der Waals surface area (Å²) in [6.07, 6.45) is 10.5. The molecule has 0 spiro atoms. The number of hydrogen-bond acceptors (Lipinski definition) is 8. The SMILES string of the molecule is CC1CCC(Cn2c(C(C)c3ccccn3)nc3nc(-c4noc(=O)[nH]4)nc(N[C@H](C)C4CCC4)c32)CC1. The van der Waals surface area contributed by atoms with Crippen LogP contribution >= 0.6 is 0 Å². The Morgan fingerprint density at radius 3 is 2.58 bits per heavy atom. The first-order valence-electron chi connectivity index (χ1n) is 14.0. The number of aromatic amines is 1. The molecule has 2 N–H and O–H groups in total. The number of aromatic nitrogens is 7. The maximum atomic E-state index is 11.7. The quantitative estimate of drug-likeness (QED) is 0.329. The molecule has 10 nitrogen and oxygen atoms in total. The third-order valence-electron chi connectivity index (χ3n) is 8.60. The lowest BCUT2D eigenvalue weighted by Gasteiger charge is -2.32. The van der Waals surface area contributed by atoms with Gasteiger partial charge in [0.15, 0.2) is 11.5 Å². The third-order valence-corrected chi connectivity index (χ3v) is 8.60. The Hall–Kier alpha value is -3.56. The molecule has 0 amide bonds. The molecule has 0 radical (unpaired) electrons. The minimum atomic E-state index is -0.637. The normalized spacial score (nSPS) is 21.8. The summed E-state index contributed by atoms with van der Waals surface area (Å²) in [4.78, 5) is 33.7. The van der Waals surface area contributed by atoms with Crippen LogP contribution in [-0.2, 0) is 6.54 Å². The number of rotatable bonds is 8. The van der Waals surface area contributed by atoms with Crippen molar-refractivity contribution in [1.82, 2.24) is 34.6 Å². The van der Waals surface area contributed by atoms with E-state index in [1.165, 1.54) is 44.9 Å². The number of anilines is 1. The summed E-state index contributed by atoms with van der Waals surface area (Å²) in [6.45, 7) is 7.59. The van der Waals surface area contributed by atoms with E-state index in [1.807, 2.05) is 24.4 Å². The van der Waals surface area contributed by atoms with Gasteiger partial charge >= 0.3 is 5.76 Å². The van der Waals surface area contributed by atoms with E-state index in [0.717, 1.165) is 35.3 Å². The summed E-state index contributed by atoms with van der Waals surface area (Å²) < 4.78 is 7.09. The second kappa shape index (κ2) is 10.3. The van der Waals surface area contributed by atoms with E-state index in [-0.39, 0.29) is 17.8 Å². The van der Waals surface area contributed by atoms with E-state index < -0.39 is 5.76 Å². The van der Waals surface area contributed by atoms with Gasteiger partial charge < -0.3 is 9.88 Å². The third kappa shape index (κ3) is 4.83. The zero-order chi connectivity index (χ0) is 26.2. The second-order valence-electron chi connectivity index (χ2n) is 11.3. The molecular formula is C28H36N8O2. The van der Waals surface area contributed by atoms with Gasteiger partial charge in [-0.25, -0.2) is 19.7 Å². The van der Waals surface area contributed by atoms with Crippen molar-refractivity contribution in [2.75, 3.05) is 5.32 Å². The van der Waals surface area contributed by atoms with E-state index in [9.17, 15) is 4.79 Å². The largest absolute Gasteiger partial charge is 0.439 e. The lowest BCUT2D eigenvalue weighted by atomic mass is 9.80. The molecule has 0 aliphatic heterocycles. The van der Waals surface area contributed by atoms with Crippen LogP contribution in [0.25, 0.3) is 22.8 Å². The molecular weight excluding hydrogens is 480 g/mol. The van der Waals surface area contributed by atoms with Crippen LogP contribution in [0.1, 0.15) is 83.2 Å². The first-order valence-corrected chi connectivity index (χ1v) is 14.0. The number of nitrogens with one attached hydrogen (secondary N) is 2. The highest BCUT2D eigenvalue weighted by Crippen LogP contribution is 2.36. The molecule has 1 unspecified atom stereocenters. The maximum Gasteiger partial charge on any atom is 0.439 e. The van der Waals surface area contributed by atoms with Gasteiger partial charge in [-0.3, -0.25) is 14.5 Å². The van der Waals surface area contributed by atoms with Crippen molar-refractivity contribution in [2.24, 2.45) is 17.8 Å². The predicted octanol–water partition coefficient (Wildman–Crippen LogP) is 5.14. The smallest absolute Gasteiger partial charge is 0.365 e. The van der Waals surface area contributed by atoms with Crippen molar-refractivity contribution in [1.29, 1.82) is 0 Å². The van der Waals surface area contributed by atoms with Crippen LogP contribution in [0.2, 0.25) is 0 Å².